The van der Waals surface area contributed by atoms with Crippen molar-refractivity contribution in [2.45, 2.75) is 39.7 Å². The molecule has 3 heteroatoms. The van der Waals surface area contributed by atoms with Gasteiger partial charge in [0.15, 0.2) is 0 Å². The number of likely N-dealkylation sites (N-methyl/N-ethyl adjacent to an activating group) is 1. The first-order chi connectivity index (χ1) is 8.65. The number of para-hydroxylation sites is 1. The van der Waals surface area contributed by atoms with Crippen LogP contribution in [0.2, 0.25) is 0 Å². The summed E-state index contributed by atoms with van der Waals surface area (Å²) in [6, 6.07) is 7.94. The van der Waals surface area contributed by atoms with Crippen LogP contribution in [0.25, 0.3) is 0 Å². The number of hydrogen-bond acceptors (Lipinski definition) is 3. The van der Waals surface area contributed by atoms with Crippen molar-refractivity contribution >= 4 is 11.7 Å². The van der Waals surface area contributed by atoms with Gasteiger partial charge in [0.05, 0.1) is 6.61 Å². The van der Waals surface area contributed by atoms with Crippen molar-refractivity contribution in [1.29, 1.82) is 0 Å². The molecule has 0 radical (unpaired) electrons. The number of carbonyl (C=O) groups excluding carboxylic acids is 1. The van der Waals surface area contributed by atoms with E-state index in [1.165, 1.54) is 12.0 Å². The number of ether oxygens (including phenoxy) is 1. The van der Waals surface area contributed by atoms with E-state index in [0.717, 1.165) is 12.1 Å². The molecule has 18 heavy (non-hydrogen) atoms. The van der Waals surface area contributed by atoms with Gasteiger partial charge in [0, 0.05) is 19.2 Å². The van der Waals surface area contributed by atoms with Crippen molar-refractivity contribution in [1.82, 2.24) is 0 Å². The number of nitrogens with zero attached hydrogens (tertiary/aromatic N) is 1. The van der Waals surface area contributed by atoms with E-state index in [2.05, 4.69) is 19.9 Å². The molecule has 2 rings (SSSR count). The Labute approximate surface area is 110 Å². The number of benzene rings is 1. The van der Waals surface area contributed by atoms with Crippen LogP contribution in [0.4, 0.5) is 5.69 Å². The van der Waals surface area contributed by atoms with E-state index in [1.54, 1.807) is 0 Å². The average Bonchev–Trinajstić information content (AvgIpc) is 2.69. The van der Waals surface area contributed by atoms with Gasteiger partial charge in [-0.25, -0.2) is 4.79 Å². The Balaban J connectivity index is 0.000000492. The standard InChI is InChI=1S/C12H15NO2.C3H8/c1-3-15-12(14)11-8-9-6-4-5-7-10(9)13(11)2;1-3-2/h4-7,11H,3,8H2,1-2H3;3H2,1-2H3. The molecule has 0 aromatic heterocycles. The summed E-state index contributed by atoms with van der Waals surface area (Å²) in [5.74, 6) is -0.129. The van der Waals surface area contributed by atoms with Crippen LogP contribution in [0.15, 0.2) is 24.3 Å². The van der Waals surface area contributed by atoms with Crippen molar-refractivity contribution in [3.05, 3.63) is 29.8 Å². The minimum atomic E-state index is -0.151. The molecule has 0 amide bonds. The number of esters is 1. The lowest BCUT2D eigenvalue weighted by Crippen LogP contribution is -2.37. The highest BCUT2D eigenvalue weighted by Gasteiger charge is 2.32. The van der Waals surface area contributed by atoms with Crippen LogP contribution in [0.1, 0.15) is 32.8 Å². The van der Waals surface area contributed by atoms with E-state index in [1.807, 2.05) is 37.1 Å². The zero-order valence-corrected chi connectivity index (χ0v) is 11.8. The van der Waals surface area contributed by atoms with Crippen molar-refractivity contribution in [2.24, 2.45) is 0 Å². The molecule has 3 nitrogen and oxygen atoms in total. The molecule has 1 aliphatic rings. The summed E-state index contributed by atoms with van der Waals surface area (Å²) in [6.45, 7) is 6.53. The van der Waals surface area contributed by atoms with Gasteiger partial charge in [-0.05, 0) is 18.6 Å². The van der Waals surface area contributed by atoms with Crippen LogP contribution in [0, 0.1) is 0 Å². The first-order valence-corrected chi connectivity index (χ1v) is 6.63. The van der Waals surface area contributed by atoms with Crippen molar-refractivity contribution in [3.63, 3.8) is 0 Å². The lowest BCUT2D eigenvalue weighted by molar-refractivity contribution is -0.144. The van der Waals surface area contributed by atoms with Crippen molar-refractivity contribution in [2.75, 3.05) is 18.6 Å². The first kappa shape index (κ1) is 14.6. The molecule has 0 N–H and O–H groups in total. The molecule has 1 aliphatic heterocycles. The van der Waals surface area contributed by atoms with Gasteiger partial charge in [-0.1, -0.05) is 38.5 Å². The maximum atomic E-state index is 11.7. The predicted octanol–water partition coefficient (Wildman–Crippen LogP) is 3.03. The summed E-state index contributed by atoms with van der Waals surface area (Å²) >= 11 is 0. The molecule has 0 spiro atoms. The Morgan fingerprint density at radius 3 is 2.50 bits per heavy atom. The molecule has 0 bridgehead atoms. The maximum Gasteiger partial charge on any atom is 0.329 e. The quantitative estimate of drug-likeness (QED) is 0.755. The van der Waals surface area contributed by atoms with Gasteiger partial charge in [0.2, 0.25) is 0 Å². The van der Waals surface area contributed by atoms with Gasteiger partial charge in [-0.2, -0.15) is 0 Å². The summed E-state index contributed by atoms with van der Waals surface area (Å²) in [4.78, 5) is 13.7. The molecule has 1 aromatic rings. The smallest absolute Gasteiger partial charge is 0.329 e. The van der Waals surface area contributed by atoms with Gasteiger partial charge in [-0.3, -0.25) is 0 Å². The molecule has 100 valence electrons. The highest BCUT2D eigenvalue weighted by molar-refractivity contribution is 5.83. The number of fused-ring (bicyclic) bond motifs is 1. The lowest BCUT2D eigenvalue weighted by Gasteiger charge is -2.20. The molecule has 0 saturated carbocycles. The molecular weight excluding hydrogens is 226 g/mol. The first-order valence-electron chi connectivity index (χ1n) is 6.63. The number of rotatable bonds is 2. The Hall–Kier alpha value is -1.51. The second kappa shape index (κ2) is 7.04. The molecule has 0 fully saturated rings. The lowest BCUT2D eigenvalue weighted by atomic mass is 10.1. The fourth-order valence-electron chi connectivity index (χ4n) is 2.02. The molecule has 1 unspecified atom stereocenters. The summed E-state index contributed by atoms with van der Waals surface area (Å²) in [5, 5.41) is 0. The molecule has 0 aliphatic carbocycles. The molecule has 1 aromatic carbocycles. The van der Waals surface area contributed by atoms with Crippen LogP contribution in [-0.4, -0.2) is 25.7 Å². The van der Waals surface area contributed by atoms with Gasteiger partial charge < -0.3 is 9.64 Å². The summed E-state index contributed by atoms with van der Waals surface area (Å²) in [6.07, 6.45) is 2.01. The van der Waals surface area contributed by atoms with Crippen LogP contribution in [0.5, 0.6) is 0 Å². The Morgan fingerprint density at radius 2 is 1.94 bits per heavy atom. The van der Waals surface area contributed by atoms with Gasteiger partial charge in [0.25, 0.3) is 0 Å². The monoisotopic (exact) mass is 249 g/mol. The minimum absolute atomic E-state index is 0.129. The van der Waals surface area contributed by atoms with Gasteiger partial charge >= 0.3 is 5.97 Å². The fraction of sp³-hybridized carbons (Fsp3) is 0.533. The molecular formula is C15H23NO2. The van der Waals surface area contributed by atoms with Crippen LogP contribution in [0.3, 0.4) is 0 Å². The highest BCUT2D eigenvalue weighted by atomic mass is 16.5. The molecule has 0 saturated heterocycles. The van der Waals surface area contributed by atoms with Crippen LogP contribution >= 0.6 is 0 Å². The summed E-state index contributed by atoms with van der Waals surface area (Å²) in [5.41, 5.74) is 2.36. The summed E-state index contributed by atoms with van der Waals surface area (Å²) in [7, 11) is 1.94. The Bertz CT molecular complexity index is 390. The summed E-state index contributed by atoms with van der Waals surface area (Å²) < 4.78 is 5.05. The number of anilines is 1. The number of hydrogen-bond donors (Lipinski definition) is 0. The van der Waals surface area contributed by atoms with E-state index >= 15 is 0 Å². The highest BCUT2D eigenvalue weighted by Crippen LogP contribution is 2.30. The van der Waals surface area contributed by atoms with E-state index in [0.29, 0.717) is 6.61 Å². The van der Waals surface area contributed by atoms with E-state index in [9.17, 15) is 4.79 Å². The SMILES string of the molecule is CCC.CCOC(=O)C1Cc2ccccc2N1C. The van der Waals surface area contributed by atoms with Crippen LogP contribution in [-0.2, 0) is 16.0 Å². The zero-order chi connectivity index (χ0) is 13.5. The normalized spacial score (nSPS) is 16.7. The van der Waals surface area contributed by atoms with E-state index in [-0.39, 0.29) is 12.0 Å². The third-order valence-corrected chi connectivity index (χ3v) is 2.81. The van der Waals surface area contributed by atoms with Crippen molar-refractivity contribution in [3.8, 4) is 0 Å². The van der Waals surface area contributed by atoms with Gasteiger partial charge in [-0.15, -0.1) is 0 Å². The topological polar surface area (TPSA) is 29.5 Å². The second-order valence-electron chi connectivity index (χ2n) is 4.42. The van der Waals surface area contributed by atoms with E-state index in [4.69, 9.17) is 4.74 Å². The molecule has 1 atom stereocenters. The van der Waals surface area contributed by atoms with Gasteiger partial charge in [0.1, 0.15) is 6.04 Å². The predicted molar refractivity (Wildman–Crippen MR) is 74.9 cm³/mol. The zero-order valence-electron chi connectivity index (χ0n) is 11.8. The maximum absolute atomic E-state index is 11.7. The largest absolute Gasteiger partial charge is 0.464 e. The van der Waals surface area contributed by atoms with Crippen molar-refractivity contribution < 1.29 is 9.53 Å². The van der Waals surface area contributed by atoms with E-state index < -0.39 is 0 Å². The fourth-order valence-corrected chi connectivity index (χ4v) is 2.02. The third-order valence-electron chi connectivity index (χ3n) is 2.81. The average molecular weight is 249 g/mol. The minimum Gasteiger partial charge on any atom is -0.464 e. The van der Waals surface area contributed by atoms with Crippen LogP contribution < -0.4 is 4.90 Å². The third kappa shape index (κ3) is 3.25. The number of carbonyl (C=O) groups is 1. The second-order valence-corrected chi connectivity index (χ2v) is 4.42. The molecule has 1 heterocycles. The Kier molecular flexibility index (Phi) is 5.69. The Morgan fingerprint density at radius 1 is 1.33 bits per heavy atom.